The predicted molar refractivity (Wildman–Crippen MR) is 80.9 cm³/mol. The lowest BCUT2D eigenvalue weighted by Gasteiger charge is -2.36. The molecule has 0 spiro atoms. The van der Waals surface area contributed by atoms with E-state index in [2.05, 4.69) is 6.92 Å². The summed E-state index contributed by atoms with van der Waals surface area (Å²) in [5.41, 5.74) is 6.62. The number of amides is 2. The van der Waals surface area contributed by atoms with Gasteiger partial charge >= 0.3 is 0 Å². The first-order valence-corrected chi connectivity index (χ1v) is 7.95. The molecule has 0 unspecified atom stereocenters. The van der Waals surface area contributed by atoms with Crippen LogP contribution in [0.3, 0.4) is 0 Å². The van der Waals surface area contributed by atoms with Gasteiger partial charge in [-0.25, -0.2) is 0 Å². The topological polar surface area (TPSA) is 63.4 Å². The molecule has 0 saturated carbocycles. The minimum atomic E-state index is -0.300. The van der Waals surface area contributed by atoms with Crippen LogP contribution < -0.4 is 5.73 Å². The van der Waals surface area contributed by atoms with Gasteiger partial charge in [0, 0.05) is 17.5 Å². The van der Waals surface area contributed by atoms with Crippen molar-refractivity contribution in [1.82, 2.24) is 4.90 Å². The van der Waals surface area contributed by atoms with Crippen molar-refractivity contribution in [3.8, 4) is 0 Å². The number of likely N-dealkylation sites (tertiary alicyclic amines) is 1. The number of carbonyl (C=O) groups excluding carboxylic acids is 2. The molecule has 2 amide bonds. The van der Waals surface area contributed by atoms with E-state index >= 15 is 0 Å². The SMILES string of the molecule is CCc1cc(C(=O)N2C[C@H](C(N)=O)CC[C@H]2C)sc1C. The molecular weight excluding hydrogens is 272 g/mol. The lowest BCUT2D eigenvalue weighted by Crippen LogP contribution is -2.48. The normalized spacial score (nSPS) is 22.9. The number of hydrogen-bond acceptors (Lipinski definition) is 3. The second-order valence-corrected chi connectivity index (χ2v) is 6.79. The molecule has 1 aromatic heterocycles. The van der Waals surface area contributed by atoms with Crippen LogP contribution in [0.15, 0.2) is 6.07 Å². The molecule has 1 fully saturated rings. The monoisotopic (exact) mass is 294 g/mol. The van der Waals surface area contributed by atoms with E-state index in [9.17, 15) is 9.59 Å². The van der Waals surface area contributed by atoms with Gasteiger partial charge in [-0.1, -0.05) is 6.92 Å². The Morgan fingerprint density at radius 2 is 2.15 bits per heavy atom. The van der Waals surface area contributed by atoms with Crippen molar-refractivity contribution < 1.29 is 9.59 Å². The molecule has 1 saturated heterocycles. The average Bonchev–Trinajstić information content (AvgIpc) is 2.79. The Morgan fingerprint density at radius 1 is 1.45 bits per heavy atom. The number of hydrogen-bond donors (Lipinski definition) is 1. The fourth-order valence-electron chi connectivity index (χ4n) is 2.74. The van der Waals surface area contributed by atoms with Crippen molar-refractivity contribution in [2.75, 3.05) is 6.54 Å². The number of nitrogens with two attached hydrogens (primary N) is 1. The Hall–Kier alpha value is -1.36. The maximum atomic E-state index is 12.6. The molecule has 4 nitrogen and oxygen atoms in total. The number of carbonyl (C=O) groups is 2. The van der Waals surface area contributed by atoms with E-state index in [1.54, 1.807) is 11.3 Å². The molecule has 1 aliphatic rings. The summed E-state index contributed by atoms with van der Waals surface area (Å²) in [6.45, 7) is 6.63. The molecular formula is C15H22N2O2S. The molecule has 1 aromatic rings. The summed E-state index contributed by atoms with van der Waals surface area (Å²) in [4.78, 5) is 27.8. The molecule has 110 valence electrons. The smallest absolute Gasteiger partial charge is 0.264 e. The minimum Gasteiger partial charge on any atom is -0.369 e. The Labute approximate surface area is 124 Å². The number of piperidine rings is 1. The Morgan fingerprint density at radius 3 is 2.70 bits per heavy atom. The largest absolute Gasteiger partial charge is 0.369 e. The maximum absolute atomic E-state index is 12.6. The van der Waals surface area contributed by atoms with Gasteiger partial charge in [0.1, 0.15) is 0 Å². The fourth-order valence-corrected chi connectivity index (χ4v) is 3.81. The van der Waals surface area contributed by atoms with Crippen molar-refractivity contribution in [2.24, 2.45) is 11.7 Å². The summed E-state index contributed by atoms with van der Waals surface area (Å²) in [5, 5.41) is 0. The highest BCUT2D eigenvalue weighted by Gasteiger charge is 2.32. The first-order valence-electron chi connectivity index (χ1n) is 7.13. The zero-order valence-electron chi connectivity index (χ0n) is 12.3. The van der Waals surface area contributed by atoms with E-state index < -0.39 is 0 Å². The van der Waals surface area contributed by atoms with E-state index in [-0.39, 0.29) is 23.8 Å². The third kappa shape index (κ3) is 2.87. The van der Waals surface area contributed by atoms with Crippen LogP contribution in [0.4, 0.5) is 0 Å². The van der Waals surface area contributed by atoms with Gasteiger partial charge in [-0.3, -0.25) is 9.59 Å². The summed E-state index contributed by atoms with van der Waals surface area (Å²) in [5.74, 6) is -0.468. The van der Waals surface area contributed by atoms with Gasteiger partial charge < -0.3 is 10.6 Å². The van der Waals surface area contributed by atoms with E-state index in [1.807, 2.05) is 24.8 Å². The van der Waals surface area contributed by atoms with Crippen LogP contribution in [-0.4, -0.2) is 29.3 Å². The predicted octanol–water partition coefficient (Wildman–Crippen LogP) is 2.34. The van der Waals surface area contributed by atoms with Gasteiger partial charge in [-0.15, -0.1) is 11.3 Å². The Bertz CT molecular complexity index is 524. The number of nitrogens with zero attached hydrogens (tertiary/aromatic N) is 1. The third-order valence-electron chi connectivity index (χ3n) is 4.16. The molecule has 2 N–H and O–H groups in total. The molecule has 0 radical (unpaired) electrons. The molecule has 0 aliphatic carbocycles. The molecule has 5 heteroatoms. The Kier molecular flexibility index (Phi) is 4.48. The van der Waals surface area contributed by atoms with Gasteiger partial charge in [-0.05, 0) is 44.7 Å². The minimum absolute atomic E-state index is 0.0382. The third-order valence-corrected chi connectivity index (χ3v) is 5.24. The number of thiophene rings is 1. The van der Waals surface area contributed by atoms with Crippen LogP contribution in [-0.2, 0) is 11.2 Å². The molecule has 2 heterocycles. The van der Waals surface area contributed by atoms with Gasteiger partial charge in [0.2, 0.25) is 5.91 Å². The second-order valence-electron chi connectivity index (χ2n) is 5.53. The van der Waals surface area contributed by atoms with Gasteiger partial charge in [-0.2, -0.15) is 0 Å². The first-order chi connectivity index (χ1) is 9.43. The standard InChI is InChI=1S/C15H22N2O2S/c1-4-11-7-13(20-10(11)3)15(19)17-8-12(14(16)18)6-5-9(17)2/h7,9,12H,4-6,8H2,1-3H3,(H2,16,18)/t9-,12-/m1/s1. The first kappa shape index (κ1) is 15.0. The molecule has 0 bridgehead atoms. The highest BCUT2D eigenvalue weighted by Crippen LogP contribution is 2.28. The van der Waals surface area contributed by atoms with Crippen molar-refractivity contribution >= 4 is 23.2 Å². The zero-order valence-corrected chi connectivity index (χ0v) is 13.1. The lowest BCUT2D eigenvalue weighted by molar-refractivity contribution is -0.123. The van der Waals surface area contributed by atoms with Crippen LogP contribution >= 0.6 is 11.3 Å². The van der Waals surface area contributed by atoms with Crippen molar-refractivity contribution in [3.05, 3.63) is 21.4 Å². The van der Waals surface area contributed by atoms with E-state index in [0.29, 0.717) is 6.54 Å². The Balaban J connectivity index is 2.19. The zero-order chi connectivity index (χ0) is 14.9. The summed E-state index contributed by atoms with van der Waals surface area (Å²) in [6.07, 6.45) is 2.56. The quantitative estimate of drug-likeness (QED) is 0.930. The van der Waals surface area contributed by atoms with Crippen LogP contribution in [0.2, 0.25) is 0 Å². The van der Waals surface area contributed by atoms with Gasteiger partial charge in [0.15, 0.2) is 0 Å². The maximum Gasteiger partial charge on any atom is 0.264 e. The van der Waals surface area contributed by atoms with E-state index in [4.69, 9.17) is 5.73 Å². The highest BCUT2D eigenvalue weighted by molar-refractivity contribution is 7.14. The van der Waals surface area contributed by atoms with E-state index in [1.165, 1.54) is 10.4 Å². The summed E-state index contributed by atoms with van der Waals surface area (Å²) >= 11 is 1.54. The summed E-state index contributed by atoms with van der Waals surface area (Å²) in [7, 11) is 0. The molecule has 0 aromatic carbocycles. The van der Waals surface area contributed by atoms with Gasteiger partial charge in [0.25, 0.3) is 5.91 Å². The fraction of sp³-hybridized carbons (Fsp3) is 0.600. The van der Waals surface area contributed by atoms with Crippen molar-refractivity contribution in [1.29, 1.82) is 0 Å². The highest BCUT2D eigenvalue weighted by atomic mass is 32.1. The molecule has 2 rings (SSSR count). The number of primary amides is 1. The van der Waals surface area contributed by atoms with Crippen LogP contribution in [0.5, 0.6) is 0 Å². The second kappa shape index (κ2) is 5.95. The van der Waals surface area contributed by atoms with Gasteiger partial charge in [0.05, 0.1) is 10.8 Å². The van der Waals surface area contributed by atoms with E-state index in [0.717, 1.165) is 24.1 Å². The number of aryl methyl sites for hydroxylation is 2. The summed E-state index contributed by atoms with van der Waals surface area (Å²) in [6, 6.07) is 2.16. The van der Waals surface area contributed by atoms with Crippen LogP contribution in [0.1, 0.15) is 46.8 Å². The molecule has 2 atom stereocenters. The number of rotatable bonds is 3. The van der Waals surface area contributed by atoms with Crippen LogP contribution in [0, 0.1) is 12.8 Å². The summed E-state index contributed by atoms with van der Waals surface area (Å²) < 4.78 is 0. The van der Waals surface area contributed by atoms with Crippen molar-refractivity contribution in [3.63, 3.8) is 0 Å². The molecule has 20 heavy (non-hydrogen) atoms. The van der Waals surface area contributed by atoms with Crippen molar-refractivity contribution in [2.45, 2.75) is 46.1 Å². The molecule has 1 aliphatic heterocycles. The average molecular weight is 294 g/mol. The lowest BCUT2D eigenvalue weighted by atomic mass is 9.93. The van der Waals surface area contributed by atoms with Crippen LogP contribution in [0.25, 0.3) is 0 Å².